The van der Waals surface area contributed by atoms with Crippen molar-refractivity contribution in [3.8, 4) is 0 Å². The number of aromatic nitrogens is 3. The van der Waals surface area contributed by atoms with Gasteiger partial charge in [-0.15, -0.1) is 0 Å². The quantitative estimate of drug-likeness (QED) is 0.794. The average molecular weight is 197 g/mol. The summed E-state index contributed by atoms with van der Waals surface area (Å²) in [7, 11) is 0. The molecule has 0 unspecified atom stereocenters. The van der Waals surface area contributed by atoms with E-state index in [2.05, 4.69) is 10.1 Å². The minimum atomic E-state index is -0.648. The van der Waals surface area contributed by atoms with Gasteiger partial charge in [0.25, 0.3) is 0 Å². The maximum atomic E-state index is 10.1. The molecule has 1 N–H and O–H groups in total. The molecule has 0 amide bonds. The van der Waals surface area contributed by atoms with E-state index in [1.165, 1.54) is 0 Å². The summed E-state index contributed by atoms with van der Waals surface area (Å²) < 4.78 is 1.78. The van der Waals surface area contributed by atoms with Crippen molar-refractivity contribution in [3.63, 3.8) is 0 Å². The van der Waals surface area contributed by atoms with E-state index in [-0.39, 0.29) is 0 Å². The first-order valence-corrected chi connectivity index (χ1v) is 5.11. The third kappa shape index (κ3) is 2.32. The van der Waals surface area contributed by atoms with Gasteiger partial charge >= 0.3 is 0 Å². The van der Waals surface area contributed by atoms with E-state index in [4.69, 9.17) is 0 Å². The van der Waals surface area contributed by atoms with E-state index in [0.29, 0.717) is 6.54 Å². The summed E-state index contributed by atoms with van der Waals surface area (Å²) in [6, 6.07) is 0. The fourth-order valence-corrected chi connectivity index (χ4v) is 1.46. The number of hydrogen-bond acceptors (Lipinski definition) is 3. The van der Waals surface area contributed by atoms with Crippen molar-refractivity contribution in [1.29, 1.82) is 0 Å². The summed E-state index contributed by atoms with van der Waals surface area (Å²) in [6.45, 7) is 8.28. The van der Waals surface area contributed by atoms with Crippen LogP contribution in [0.15, 0.2) is 0 Å². The highest BCUT2D eigenvalue weighted by Gasteiger charge is 2.24. The molecule has 0 fully saturated rings. The van der Waals surface area contributed by atoms with Gasteiger partial charge in [-0.1, -0.05) is 13.8 Å². The zero-order chi connectivity index (χ0) is 10.8. The van der Waals surface area contributed by atoms with E-state index >= 15 is 0 Å². The third-order valence-corrected chi connectivity index (χ3v) is 2.72. The summed E-state index contributed by atoms with van der Waals surface area (Å²) >= 11 is 0. The maximum absolute atomic E-state index is 10.1. The van der Waals surface area contributed by atoms with Crippen LogP contribution in [0.2, 0.25) is 0 Å². The summed E-state index contributed by atoms with van der Waals surface area (Å²) in [4.78, 5) is 4.20. The first-order valence-electron chi connectivity index (χ1n) is 5.11. The van der Waals surface area contributed by atoms with Gasteiger partial charge in [-0.2, -0.15) is 5.10 Å². The molecule has 0 aliphatic rings. The maximum Gasteiger partial charge on any atom is 0.147 e. The molecule has 80 valence electrons. The van der Waals surface area contributed by atoms with Gasteiger partial charge in [-0.05, 0) is 26.7 Å². The third-order valence-electron chi connectivity index (χ3n) is 2.72. The Balaban J connectivity index is 2.81. The van der Waals surface area contributed by atoms with Crippen molar-refractivity contribution >= 4 is 0 Å². The first-order chi connectivity index (χ1) is 6.50. The molecule has 0 aliphatic heterocycles. The van der Waals surface area contributed by atoms with Crippen molar-refractivity contribution in [2.45, 2.75) is 52.7 Å². The van der Waals surface area contributed by atoms with E-state index in [9.17, 15) is 5.11 Å². The van der Waals surface area contributed by atoms with Crippen molar-refractivity contribution in [1.82, 2.24) is 14.8 Å². The van der Waals surface area contributed by atoms with Gasteiger partial charge in [-0.3, -0.25) is 0 Å². The zero-order valence-electron chi connectivity index (χ0n) is 9.41. The van der Waals surface area contributed by atoms with Crippen LogP contribution in [0.25, 0.3) is 0 Å². The Kier molecular flexibility index (Phi) is 3.26. The number of aliphatic hydroxyl groups is 1. The van der Waals surface area contributed by atoms with Crippen LogP contribution in [-0.2, 0) is 6.54 Å². The first kappa shape index (κ1) is 11.2. The molecule has 0 atom stereocenters. The highest BCUT2D eigenvalue weighted by atomic mass is 16.3. The van der Waals surface area contributed by atoms with Crippen molar-refractivity contribution < 1.29 is 5.11 Å². The highest BCUT2D eigenvalue weighted by Crippen LogP contribution is 2.17. The number of hydrogen-bond donors (Lipinski definition) is 1. The van der Waals surface area contributed by atoms with Gasteiger partial charge in [0, 0.05) is 0 Å². The van der Waals surface area contributed by atoms with Crippen LogP contribution >= 0.6 is 0 Å². The number of aryl methyl sites for hydroxylation is 2. The second-order valence-electron chi connectivity index (χ2n) is 3.80. The molecule has 1 aromatic heterocycles. The Morgan fingerprint density at radius 1 is 1.29 bits per heavy atom. The number of nitrogens with zero attached hydrogens (tertiary/aromatic N) is 3. The van der Waals surface area contributed by atoms with Crippen LogP contribution in [0.1, 0.15) is 38.3 Å². The summed E-state index contributed by atoms with van der Waals surface area (Å²) in [6.07, 6.45) is 1.48. The Morgan fingerprint density at radius 2 is 1.86 bits per heavy atom. The Labute approximate surface area is 85.0 Å². The molecule has 1 heterocycles. The molecule has 4 heteroatoms. The van der Waals surface area contributed by atoms with Crippen LogP contribution in [0, 0.1) is 13.8 Å². The molecule has 1 rings (SSSR count). The standard InChI is InChI=1S/C10H19N3O/c1-5-10(14,6-2)7-13-9(4)11-8(3)12-13/h14H,5-7H2,1-4H3. The fraction of sp³-hybridized carbons (Fsp3) is 0.800. The lowest BCUT2D eigenvalue weighted by Gasteiger charge is -2.25. The Morgan fingerprint density at radius 3 is 2.21 bits per heavy atom. The minimum Gasteiger partial charge on any atom is -0.388 e. The van der Waals surface area contributed by atoms with Crippen molar-refractivity contribution in [3.05, 3.63) is 11.6 Å². The lowest BCUT2D eigenvalue weighted by Crippen LogP contribution is -2.33. The van der Waals surface area contributed by atoms with E-state index in [1.807, 2.05) is 27.7 Å². The molecule has 0 aromatic carbocycles. The molecule has 0 saturated heterocycles. The normalized spacial score (nSPS) is 12.1. The van der Waals surface area contributed by atoms with Gasteiger partial charge in [0.05, 0.1) is 12.1 Å². The van der Waals surface area contributed by atoms with Gasteiger partial charge in [-0.25, -0.2) is 9.67 Å². The van der Waals surface area contributed by atoms with Gasteiger partial charge in [0.2, 0.25) is 0 Å². The number of rotatable bonds is 4. The molecule has 0 radical (unpaired) electrons. The van der Waals surface area contributed by atoms with Gasteiger partial charge in [0.1, 0.15) is 11.6 Å². The average Bonchev–Trinajstić information content (AvgIpc) is 2.45. The van der Waals surface area contributed by atoms with E-state index in [0.717, 1.165) is 24.5 Å². The Bertz CT molecular complexity index is 302. The molecule has 0 bridgehead atoms. The minimum absolute atomic E-state index is 0.534. The molecule has 4 nitrogen and oxygen atoms in total. The second kappa shape index (κ2) is 4.09. The van der Waals surface area contributed by atoms with Crippen LogP contribution in [0.4, 0.5) is 0 Å². The summed E-state index contributed by atoms with van der Waals surface area (Å²) in [5.74, 6) is 1.62. The zero-order valence-corrected chi connectivity index (χ0v) is 9.41. The molecule has 14 heavy (non-hydrogen) atoms. The smallest absolute Gasteiger partial charge is 0.147 e. The molecule has 1 aromatic rings. The SMILES string of the molecule is CCC(O)(CC)Cn1nc(C)nc1C. The van der Waals surface area contributed by atoms with Crippen LogP contribution in [0.3, 0.4) is 0 Å². The largest absolute Gasteiger partial charge is 0.388 e. The van der Waals surface area contributed by atoms with Crippen LogP contribution < -0.4 is 0 Å². The predicted octanol–water partition coefficient (Wildman–Crippen LogP) is 1.45. The molecule has 0 aliphatic carbocycles. The monoisotopic (exact) mass is 197 g/mol. The lowest BCUT2D eigenvalue weighted by atomic mass is 9.98. The van der Waals surface area contributed by atoms with E-state index < -0.39 is 5.60 Å². The van der Waals surface area contributed by atoms with Crippen LogP contribution in [0.5, 0.6) is 0 Å². The topological polar surface area (TPSA) is 50.9 Å². The summed E-state index contributed by atoms with van der Waals surface area (Å²) in [5.41, 5.74) is -0.648. The molecular formula is C10H19N3O. The van der Waals surface area contributed by atoms with Gasteiger partial charge < -0.3 is 5.11 Å². The predicted molar refractivity (Wildman–Crippen MR) is 55.0 cm³/mol. The Hall–Kier alpha value is -0.900. The van der Waals surface area contributed by atoms with Crippen molar-refractivity contribution in [2.75, 3.05) is 0 Å². The second-order valence-corrected chi connectivity index (χ2v) is 3.80. The lowest BCUT2D eigenvalue weighted by molar-refractivity contribution is 0.0111. The molecular weight excluding hydrogens is 178 g/mol. The fourth-order valence-electron chi connectivity index (χ4n) is 1.46. The van der Waals surface area contributed by atoms with Gasteiger partial charge in [0.15, 0.2) is 0 Å². The summed E-state index contributed by atoms with van der Waals surface area (Å²) in [5, 5.41) is 14.4. The highest BCUT2D eigenvalue weighted by molar-refractivity contribution is 4.90. The van der Waals surface area contributed by atoms with E-state index in [1.54, 1.807) is 4.68 Å². The molecule has 0 spiro atoms. The molecule has 0 saturated carbocycles. The van der Waals surface area contributed by atoms with Crippen LogP contribution in [-0.4, -0.2) is 25.5 Å². The van der Waals surface area contributed by atoms with Crippen molar-refractivity contribution in [2.24, 2.45) is 0 Å².